The molecule has 0 radical (unpaired) electrons. The molecule has 226 valence electrons. The lowest BCUT2D eigenvalue weighted by atomic mass is 10.00. The van der Waals surface area contributed by atoms with Crippen LogP contribution in [0.4, 0.5) is 5.69 Å². The van der Waals surface area contributed by atoms with Gasteiger partial charge in [0.25, 0.3) is 0 Å². The highest BCUT2D eigenvalue weighted by Crippen LogP contribution is 2.23. The number of halogens is 1. The van der Waals surface area contributed by atoms with E-state index in [1.54, 1.807) is 4.90 Å². The zero-order valence-corrected chi connectivity index (χ0v) is 27.8. The molecule has 1 atom stereocenters. The first kappa shape index (κ1) is 33.3. The van der Waals surface area contributed by atoms with Crippen molar-refractivity contribution in [3.8, 4) is 0 Å². The summed E-state index contributed by atoms with van der Waals surface area (Å²) in [6, 6.07) is 22.2. The molecule has 0 saturated carbocycles. The summed E-state index contributed by atoms with van der Waals surface area (Å²) in [5.74, 6) is -0.448. The van der Waals surface area contributed by atoms with Crippen LogP contribution in [-0.2, 0) is 32.6 Å². The number of carbonyl (C=O) groups excluding carboxylic acids is 2. The van der Waals surface area contributed by atoms with E-state index in [0.29, 0.717) is 18.5 Å². The highest BCUT2D eigenvalue weighted by Gasteiger charge is 2.32. The summed E-state index contributed by atoms with van der Waals surface area (Å²) >= 11 is 3.51. The predicted octanol–water partition coefficient (Wildman–Crippen LogP) is 6.17. The second-order valence-electron chi connectivity index (χ2n) is 11.9. The van der Waals surface area contributed by atoms with E-state index >= 15 is 0 Å². The first-order chi connectivity index (χ1) is 19.6. The maximum absolute atomic E-state index is 14.0. The first-order valence-electron chi connectivity index (χ1n) is 14.1. The zero-order chi connectivity index (χ0) is 31.1. The van der Waals surface area contributed by atoms with Gasteiger partial charge in [-0.1, -0.05) is 64.5 Å². The van der Waals surface area contributed by atoms with E-state index in [2.05, 4.69) is 21.2 Å². The smallest absolute Gasteiger partial charge is 0.243 e. The second kappa shape index (κ2) is 14.3. The molecule has 0 aliphatic heterocycles. The van der Waals surface area contributed by atoms with Gasteiger partial charge in [-0.2, -0.15) is 0 Å². The minimum atomic E-state index is -3.57. The van der Waals surface area contributed by atoms with Crippen molar-refractivity contribution in [3.63, 3.8) is 0 Å². The van der Waals surface area contributed by atoms with Crippen molar-refractivity contribution in [2.75, 3.05) is 17.1 Å². The fourth-order valence-corrected chi connectivity index (χ4v) is 6.33. The Kier molecular flexibility index (Phi) is 11.4. The van der Waals surface area contributed by atoms with Crippen molar-refractivity contribution in [2.45, 2.75) is 72.0 Å². The average Bonchev–Trinajstić information content (AvgIpc) is 2.86. The van der Waals surface area contributed by atoms with Crippen molar-refractivity contribution in [1.29, 1.82) is 0 Å². The van der Waals surface area contributed by atoms with Crippen LogP contribution in [0.25, 0.3) is 0 Å². The molecule has 3 rings (SSSR count). The third-order valence-corrected chi connectivity index (χ3v) is 8.35. The number of nitrogens with zero attached hydrogens (tertiary/aromatic N) is 2. The number of carbonyl (C=O) groups is 2. The zero-order valence-electron chi connectivity index (χ0n) is 25.4. The van der Waals surface area contributed by atoms with Crippen LogP contribution >= 0.6 is 15.9 Å². The predicted molar refractivity (Wildman–Crippen MR) is 174 cm³/mol. The molecule has 1 unspecified atom stereocenters. The van der Waals surface area contributed by atoms with Crippen molar-refractivity contribution in [2.24, 2.45) is 0 Å². The Morgan fingerprint density at radius 1 is 0.905 bits per heavy atom. The summed E-state index contributed by atoms with van der Waals surface area (Å²) in [6.45, 7) is 9.98. The quantitative estimate of drug-likeness (QED) is 0.253. The highest BCUT2D eigenvalue weighted by atomic mass is 79.9. The molecule has 0 bridgehead atoms. The van der Waals surface area contributed by atoms with Crippen molar-refractivity contribution < 1.29 is 18.0 Å². The third kappa shape index (κ3) is 10.3. The normalized spacial score (nSPS) is 12.5. The number of amides is 2. The number of hydrogen-bond acceptors (Lipinski definition) is 4. The van der Waals surface area contributed by atoms with Gasteiger partial charge in [-0.05, 0) is 87.6 Å². The summed E-state index contributed by atoms with van der Waals surface area (Å²) in [7, 11) is -3.57. The Morgan fingerprint density at radius 3 is 2.10 bits per heavy atom. The van der Waals surface area contributed by atoms with Crippen LogP contribution in [-0.4, -0.2) is 49.5 Å². The van der Waals surface area contributed by atoms with Gasteiger partial charge in [0.15, 0.2) is 0 Å². The van der Waals surface area contributed by atoms with Gasteiger partial charge >= 0.3 is 0 Å². The maximum atomic E-state index is 14.0. The van der Waals surface area contributed by atoms with Crippen LogP contribution < -0.4 is 9.62 Å². The Labute approximate surface area is 259 Å². The topological polar surface area (TPSA) is 86.8 Å². The first-order valence-corrected chi connectivity index (χ1v) is 16.7. The van der Waals surface area contributed by atoms with Gasteiger partial charge in [0.1, 0.15) is 6.04 Å². The number of sulfonamides is 1. The lowest BCUT2D eigenvalue weighted by Gasteiger charge is -2.34. The van der Waals surface area contributed by atoms with Gasteiger partial charge < -0.3 is 10.2 Å². The molecule has 7 nitrogen and oxygen atoms in total. The molecule has 9 heteroatoms. The fraction of sp³-hybridized carbons (Fsp3) is 0.394. The van der Waals surface area contributed by atoms with E-state index in [0.717, 1.165) is 26.7 Å². The number of aryl methyl sites for hydroxylation is 2. The monoisotopic (exact) mass is 655 g/mol. The van der Waals surface area contributed by atoms with Gasteiger partial charge in [0, 0.05) is 35.9 Å². The van der Waals surface area contributed by atoms with Crippen LogP contribution in [0, 0.1) is 13.8 Å². The van der Waals surface area contributed by atoms with Crippen LogP contribution in [0.15, 0.2) is 77.3 Å². The van der Waals surface area contributed by atoms with Crippen molar-refractivity contribution >= 4 is 43.5 Å². The lowest BCUT2D eigenvalue weighted by molar-refractivity contribution is -0.142. The Bertz CT molecular complexity index is 1470. The minimum Gasteiger partial charge on any atom is -0.350 e. The molecule has 3 aromatic rings. The summed E-state index contributed by atoms with van der Waals surface area (Å²) in [4.78, 5) is 29.3. The molecular formula is C33H42BrN3O4S. The number of nitrogens with one attached hydrogen (secondary N) is 1. The molecule has 0 heterocycles. The number of hydrogen-bond donors (Lipinski definition) is 1. The maximum Gasteiger partial charge on any atom is 0.243 e. The minimum absolute atomic E-state index is 0.0823. The van der Waals surface area contributed by atoms with E-state index in [1.165, 1.54) is 10.6 Å². The number of rotatable bonds is 12. The molecule has 2 amide bonds. The Morgan fingerprint density at radius 2 is 1.52 bits per heavy atom. The molecule has 0 aliphatic carbocycles. The van der Waals surface area contributed by atoms with Gasteiger partial charge in [-0.15, -0.1) is 0 Å². The molecular weight excluding hydrogens is 614 g/mol. The Hall–Kier alpha value is -3.17. The van der Waals surface area contributed by atoms with E-state index in [1.807, 2.05) is 107 Å². The third-order valence-electron chi connectivity index (χ3n) is 6.66. The van der Waals surface area contributed by atoms with E-state index in [9.17, 15) is 18.0 Å². The van der Waals surface area contributed by atoms with Crippen molar-refractivity contribution in [3.05, 3.63) is 99.5 Å². The van der Waals surface area contributed by atoms with Gasteiger partial charge in [0.2, 0.25) is 21.8 Å². The highest BCUT2D eigenvalue weighted by molar-refractivity contribution is 9.10. The van der Waals surface area contributed by atoms with Crippen LogP contribution in [0.1, 0.15) is 55.9 Å². The van der Waals surface area contributed by atoms with Crippen LogP contribution in [0.2, 0.25) is 0 Å². The summed E-state index contributed by atoms with van der Waals surface area (Å²) in [5, 5.41) is 3.07. The number of benzene rings is 3. The van der Waals surface area contributed by atoms with Gasteiger partial charge in [-0.3, -0.25) is 13.9 Å². The van der Waals surface area contributed by atoms with Gasteiger partial charge in [-0.25, -0.2) is 8.42 Å². The number of anilines is 1. The summed E-state index contributed by atoms with van der Waals surface area (Å²) in [6.07, 6.45) is 1.91. The largest absolute Gasteiger partial charge is 0.350 e. The van der Waals surface area contributed by atoms with E-state index in [-0.39, 0.29) is 31.3 Å². The van der Waals surface area contributed by atoms with Gasteiger partial charge in [0.05, 0.1) is 11.9 Å². The van der Waals surface area contributed by atoms with Crippen molar-refractivity contribution in [1.82, 2.24) is 10.2 Å². The van der Waals surface area contributed by atoms with E-state index < -0.39 is 21.6 Å². The summed E-state index contributed by atoms with van der Waals surface area (Å²) < 4.78 is 27.7. The van der Waals surface area contributed by atoms with E-state index in [4.69, 9.17) is 0 Å². The molecule has 3 aromatic carbocycles. The van der Waals surface area contributed by atoms with Crippen LogP contribution in [0.5, 0.6) is 0 Å². The average molecular weight is 657 g/mol. The lowest BCUT2D eigenvalue weighted by Crippen LogP contribution is -2.54. The molecule has 0 spiro atoms. The molecule has 0 saturated heterocycles. The summed E-state index contributed by atoms with van der Waals surface area (Å²) in [5.41, 5.74) is 3.84. The fourth-order valence-electron chi connectivity index (χ4n) is 4.94. The second-order valence-corrected chi connectivity index (χ2v) is 14.7. The molecule has 1 N–H and O–H groups in total. The standard InChI is InChI=1S/C33H42BrN3O4S/c1-24-18-25(2)20-29(19-24)37(42(6,40)41)17-11-16-31(38)36(23-27-14-10-15-28(34)21-27)30(32(39)35-33(3,4)5)22-26-12-8-7-9-13-26/h7-10,12-15,18-21,30H,11,16-17,22-23H2,1-6H3,(H,35,39). The molecule has 0 aromatic heterocycles. The molecule has 42 heavy (non-hydrogen) atoms. The Balaban J connectivity index is 1.92. The van der Waals surface area contributed by atoms with Crippen LogP contribution in [0.3, 0.4) is 0 Å². The SMILES string of the molecule is Cc1cc(C)cc(N(CCCC(=O)N(Cc2cccc(Br)c2)C(Cc2ccccc2)C(=O)NC(C)(C)C)S(C)(=O)=O)c1. The molecule has 0 fully saturated rings. The molecule has 0 aliphatic rings.